The summed E-state index contributed by atoms with van der Waals surface area (Å²) in [4.78, 5) is 0. The number of ether oxygens (including phenoxy) is 1. The summed E-state index contributed by atoms with van der Waals surface area (Å²) in [6.07, 6.45) is 0.917. The van der Waals surface area contributed by atoms with Gasteiger partial charge in [-0.2, -0.15) is 0 Å². The second-order valence-electron chi connectivity index (χ2n) is 5.91. The van der Waals surface area contributed by atoms with Gasteiger partial charge in [0.15, 0.2) is 5.82 Å². The average molecular weight is 290 g/mol. The molecule has 0 saturated carbocycles. The summed E-state index contributed by atoms with van der Waals surface area (Å²) in [7, 11) is 1.70. The Morgan fingerprint density at radius 3 is 2.71 bits per heavy atom. The fraction of sp³-hybridized carbons (Fsp3) is 0.500. The predicted molar refractivity (Wildman–Crippen MR) is 82.4 cm³/mol. The Hall–Kier alpha value is -2.15. The van der Waals surface area contributed by atoms with E-state index in [1.54, 1.807) is 23.9 Å². The predicted octanol–water partition coefficient (Wildman–Crippen LogP) is 1.57. The van der Waals surface area contributed by atoms with Crippen molar-refractivity contribution in [3.8, 4) is 11.4 Å². The highest BCUT2D eigenvalue weighted by Crippen LogP contribution is 2.28. The van der Waals surface area contributed by atoms with Gasteiger partial charge in [0.05, 0.1) is 6.54 Å². The fourth-order valence-corrected chi connectivity index (χ4v) is 2.15. The molecule has 0 bridgehead atoms. The molecule has 21 heavy (non-hydrogen) atoms. The SMILES string of the molecule is COCCC(C)(C)Cn1nnnc1-c1ccc(N)cc1N. The van der Waals surface area contributed by atoms with Crippen LogP contribution in [0.15, 0.2) is 18.2 Å². The van der Waals surface area contributed by atoms with Crippen LogP contribution in [-0.2, 0) is 11.3 Å². The van der Waals surface area contributed by atoms with Crippen LogP contribution in [0.1, 0.15) is 20.3 Å². The van der Waals surface area contributed by atoms with Gasteiger partial charge >= 0.3 is 0 Å². The van der Waals surface area contributed by atoms with Crippen LogP contribution in [-0.4, -0.2) is 33.9 Å². The molecule has 1 heterocycles. The number of nitrogens with two attached hydrogens (primary N) is 2. The highest BCUT2D eigenvalue weighted by Gasteiger charge is 2.22. The molecule has 0 aliphatic heterocycles. The first-order chi connectivity index (χ1) is 9.93. The quantitative estimate of drug-likeness (QED) is 0.782. The maximum atomic E-state index is 6.02. The van der Waals surface area contributed by atoms with Crippen molar-refractivity contribution in [2.75, 3.05) is 25.2 Å². The normalized spacial score (nSPS) is 11.8. The number of tetrazole rings is 1. The zero-order valence-corrected chi connectivity index (χ0v) is 12.7. The monoisotopic (exact) mass is 290 g/mol. The number of hydrogen-bond donors (Lipinski definition) is 2. The first-order valence-electron chi connectivity index (χ1n) is 6.83. The first kappa shape index (κ1) is 15.2. The van der Waals surface area contributed by atoms with Gasteiger partial charge in [-0.15, -0.1) is 5.10 Å². The molecule has 0 spiro atoms. The molecule has 0 aliphatic carbocycles. The lowest BCUT2D eigenvalue weighted by Gasteiger charge is -2.24. The third-order valence-electron chi connectivity index (χ3n) is 3.41. The van der Waals surface area contributed by atoms with Crippen LogP contribution in [0.25, 0.3) is 11.4 Å². The topological polar surface area (TPSA) is 105 Å². The van der Waals surface area contributed by atoms with Gasteiger partial charge in [-0.3, -0.25) is 0 Å². The molecule has 0 atom stereocenters. The number of hydrogen-bond acceptors (Lipinski definition) is 6. The fourth-order valence-electron chi connectivity index (χ4n) is 2.15. The third-order valence-corrected chi connectivity index (χ3v) is 3.41. The summed E-state index contributed by atoms with van der Waals surface area (Å²) in [6.45, 7) is 5.70. The maximum absolute atomic E-state index is 6.02. The van der Waals surface area contributed by atoms with Gasteiger partial charge in [0.1, 0.15) is 0 Å². The van der Waals surface area contributed by atoms with E-state index < -0.39 is 0 Å². The van der Waals surface area contributed by atoms with Gasteiger partial charge < -0.3 is 16.2 Å². The minimum atomic E-state index is 0.0166. The van der Waals surface area contributed by atoms with Crippen molar-refractivity contribution in [1.82, 2.24) is 20.2 Å². The Morgan fingerprint density at radius 1 is 1.29 bits per heavy atom. The Morgan fingerprint density at radius 2 is 2.05 bits per heavy atom. The number of anilines is 2. The Labute approximate surface area is 124 Å². The highest BCUT2D eigenvalue weighted by molar-refractivity contribution is 5.74. The van der Waals surface area contributed by atoms with Crippen LogP contribution < -0.4 is 11.5 Å². The van der Waals surface area contributed by atoms with Crippen LogP contribution in [0.2, 0.25) is 0 Å². The molecular weight excluding hydrogens is 268 g/mol. The summed E-state index contributed by atoms with van der Waals surface area (Å²) in [5.74, 6) is 0.651. The molecular formula is C14H22N6O. The zero-order chi connectivity index (χ0) is 15.5. The number of methoxy groups -OCH3 is 1. The summed E-state index contributed by atoms with van der Waals surface area (Å²) < 4.78 is 6.92. The standard InChI is InChI=1S/C14H22N6O/c1-14(2,6-7-21-3)9-20-13(17-18-19-20)11-5-4-10(15)8-12(11)16/h4-5,8H,6-7,9,15-16H2,1-3H3. The Bertz CT molecular complexity index is 607. The van der Waals surface area contributed by atoms with Crippen LogP contribution in [0.3, 0.4) is 0 Å². The van der Waals surface area contributed by atoms with E-state index in [4.69, 9.17) is 16.2 Å². The van der Waals surface area contributed by atoms with E-state index in [1.807, 2.05) is 6.07 Å². The molecule has 2 rings (SSSR count). The van der Waals surface area contributed by atoms with Gasteiger partial charge in [0.2, 0.25) is 0 Å². The van der Waals surface area contributed by atoms with Gasteiger partial charge in [0.25, 0.3) is 0 Å². The van der Waals surface area contributed by atoms with Crippen LogP contribution in [0.4, 0.5) is 11.4 Å². The zero-order valence-electron chi connectivity index (χ0n) is 12.7. The van der Waals surface area contributed by atoms with Crippen molar-refractivity contribution < 1.29 is 4.74 Å². The lowest BCUT2D eigenvalue weighted by molar-refractivity contribution is 0.140. The molecule has 0 fully saturated rings. The lowest BCUT2D eigenvalue weighted by Crippen LogP contribution is -2.23. The van der Waals surface area contributed by atoms with Crippen molar-refractivity contribution in [1.29, 1.82) is 0 Å². The molecule has 0 aliphatic rings. The molecule has 0 radical (unpaired) electrons. The summed E-state index contributed by atoms with van der Waals surface area (Å²) in [6, 6.07) is 5.35. The number of benzene rings is 1. The summed E-state index contributed by atoms with van der Waals surface area (Å²) >= 11 is 0. The summed E-state index contributed by atoms with van der Waals surface area (Å²) in [5.41, 5.74) is 13.7. The minimum absolute atomic E-state index is 0.0166. The van der Waals surface area contributed by atoms with Crippen molar-refractivity contribution in [3.05, 3.63) is 18.2 Å². The molecule has 0 unspecified atom stereocenters. The molecule has 0 saturated heterocycles. The second-order valence-corrected chi connectivity index (χ2v) is 5.91. The lowest BCUT2D eigenvalue weighted by atomic mass is 9.89. The first-order valence-corrected chi connectivity index (χ1v) is 6.83. The Kier molecular flexibility index (Phi) is 4.42. The number of aromatic nitrogens is 4. The molecule has 1 aromatic heterocycles. The van der Waals surface area contributed by atoms with E-state index in [0.717, 1.165) is 12.0 Å². The highest BCUT2D eigenvalue weighted by atomic mass is 16.5. The number of nitrogens with zero attached hydrogens (tertiary/aromatic N) is 4. The maximum Gasteiger partial charge on any atom is 0.184 e. The molecule has 7 heteroatoms. The average Bonchev–Trinajstić information content (AvgIpc) is 2.84. The van der Waals surface area contributed by atoms with Gasteiger partial charge in [-0.25, -0.2) is 4.68 Å². The van der Waals surface area contributed by atoms with Crippen molar-refractivity contribution in [2.24, 2.45) is 5.41 Å². The van der Waals surface area contributed by atoms with Crippen LogP contribution in [0.5, 0.6) is 0 Å². The minimum Gasteiger partial charge on any atom is -0.399 e. The molecule has 7 nitrogen and oxygen atoms in total. The van der Waals surface area contributed by atoms with E-state index in [1.165, 1.54) is 0 Å². The van der Waals surface area contributed by atoms with E-state index in [0.29, 0.717) is 30.4 Å². The van der Waals surface area contributed by atoms with Crippen LogP contribution in [0, 0.1) is 5.41 Å². The summed E-state index contributed by atoms with van der Waals surface area (Å²) in [5, 5.41) is 11.9. The molecule has 1 aromatic carbocycles. The van der Waals surface area contributed by atoms with Crippen molar-refractivity contribution >= 4 is 11.4 Å². The largest absolute Gasteiger partial charge is 0.399 e. The van der Waals surface area contributed by atoms with E-state index >= 15 is 0 Å². The smallest absolute Gasteiger partial charge is 0.184 e. The molecule has 114 valence electrons. The van der Waals surface area contributed by atoms with Gasteiger partial charge in [-0.05, 0) is 40.5 Å². The molecule has 4 N–H and O–H groups in total. The number of nitrogen functional groups attached to an aromatic ring is 2. The molecule has 2 aromatic rings. The van der Waals surface area contributed by atoms with E-state index in [9.17, 15) is 0 Å². The van der Waals surface area contributed by atoms with Gasteiger partial charge in [-0.1, -0.05) is 13.8 Å². The van der Waals surface area contributed by atoms with Crippen molar-refractivity contribution in [3.63, 3.8) is 0 Å². The Balaban J connectivity index is 2.26. The third kappa shape index (κ3) is 3.69. The van der Waals surface area contributed by atoms with Crippen LogP contribution >= 0.6 is 0 Å². The van der Waals surface area contributed by atoms with E-state index in [2.05, 4.69) is 29.4 Å². The second kappa shape index (κ2) is 6.09. The van der Waals surface area contributed by atoms with E-state index in [-0.39, 0.29) is 5.41 Å². The van der Waals surface area contributed by atoms with Crippen molar-refractivity contribution in [2.45, 2.75) is 26.8 Å². The molecule has 0 amide bonds. The number of rotatable bonds is 6. The van der Waals surface area contributed by atoms with Gasteiger partial charge in [0, 0.05) is 30.7 Å².